The first kappa shape index (κ1) is 14.3. The Labute approximate surface area is 132 Å². The molecule has 2 heterocycles. The van der Waals surface area contributed by atoms with Gasteiger partial charge < -0.3 is 9.88 Å². The largest absolute Gasteiger partial charge is 0.353 e. The van der Waals surface area contributed by atoms with E-state index in [9.17, 15) is 4.79 Å². The van der Waals surface area contributed by atoms with Gasteiger partial charge in [-0.25, -0.2) is 4.98 Å². The molecule has 1 unspecified atom stereocenters. The van der Waals surface area contributed by atoms with Crippen LogP contribution in [-0.2, 0) is 17.8 Å². The molecular weight excluding hydrogens is 274 g/mol. The molecule has 4 rings (SSSR count). The van der Waals surface area contributed by atoms with E-state index < -0.39 is 0 Å². The summed E-state index contributed by atoms with van der Waals surface area (Å²) in [7, 11) is 0. The molecule has 0 radical (unpaired) electrons. The average Bonchev–Trinajstić information content (AvgIpc) is 2.76. The quantitative estimate of drug-likeness (QED) is 0.929. The van der Waals surface area contributed by atoms with Crippen LogP contribution in [0.5, 0.6) is 0 Å². The molecule has 2 saturated carbocycles. The van der Waals surface area contributed by atoms with E-state index in [2.05, 4.69) is 14.9 Å². The summed E-state index contributed by atoms with van der Waals surface area (Å²) in [5, 5.41) is 3.46. The number of carbonyl (C=O) groups excluding carboxylic acids is 1. The molecule has 0 spiro atoms. The fourth-order valence-electron chi connectivity index (χ4n) is 4.35. The normalized spacial score (nSPS) is 25.5. The summed E-state index contributed by atoms with van der Waals surface area (Å²) < 4.78 is 2.26. The first-order chi connectivity index (χ1) is 10.7. The predicted molar refractivity (Wildman–Crippen MR) is 85.4 cm³/mol. The molecule has 1 atom stereocenters. The maximum atomic E-state index is 12.8. The number of aromatic nitrogens is 2. The van der Waals surface area contributed by atoms with Crippen LogP contribution in [0.25, 0.3) is 0 Å². The summed E-state index contributed by atoms with van der Waals surface area (Å²) in [6, 6.07) is 0.462. The lowest BCUT2D eigenvalue weighted by Crippen LogP contribution is -2.51. The second-order valence-corrected chi connectivity index (χ2v) is 7.55. The molecule has 1 N–H and O–H groups in total. The number of carbonyl (C=O) groups is 1. The van der Waals surface area contributed by atoms with Crippen molar-refractivity contribution >= 4 is 5.91 Å². The van der Waals surface area contributed by atoms with E-state index in [-0.39, 0.29) is 5.92 Å². The minimum Gasteiger partial charge on any atom is -0.353 e. The van der Waals surface area contributed by atoms with Gasteiger partial charge >= 0.3 is 0 Å². The zero-order chi connectivity index (χ0) is 15.1. The van der Waals surface area contributed by atoms with Gasteiger partial charge in [-0.05, 0) is 50.9 Å². The maximum Gasteiger partial charge on any atom is 0.223 e. The summed E-state index contributed by atoms with van der Waals surface area (Å²) in [6.07, 6.45) is 11.7. The third kappa shape index (κ3) is 2.46. The second kappa shape index (κ2) is 5.71. The molecule has 0 bridgehead atoms. The number of rotatable bonds is 4. The van der Waals surface area contributed by atoms with Gasteiger partial charge in [0.05, 0.1) is 0 Å². The van der Waals surface area contributed by atoms with E-state index in [0.29, 0.717) is 11.9 Å². The van der Waals surface area contributed by atoms with E-state index in [1.807, 2.05) is 13.1 Å². The fraction of sp³-hybridized carbons (Fsp3) is 0.778. The van der Waals surface area contributed by atoms with Crippen molar-refractivity contribution in [2.45, 2.75) is 70.9 Å². The van der Waals surface area contributed by atoms with Crippen molar-refractivity contribution in [3.8, 4) is 0 Å². The van der Waals surface area contributed by atoms with Crippen LogP contribution < -0.4 is 5.32 Å². The minimum atomic E-state index is 0.145. The highest BCUT2D eigenvalue weighted by atomic mass is 16.2. The number of imidazole rings is 1. The first-order valence-electron chi connectivity index (χ1n) is 9.04. The molecule has 22 heavy (non-hydrogen) atoms. The maximum absolute atomic E-state index is 12.8. The number of hydrogen-bond acceptors (Lipinski definition) is 2. The summed E-state index contributed by atoms with van der Waals surface area (Å²) in [5.41, 5.74) is 1.23. The topological polar surface area (TPSA) is 46.9 Å². The van der Waals surface area contributed by atoms with E-state index in [0.717, 1.165) is 37.0 Å². The van der Waals surface area contributed by atoms with Crippen molar-refractivity contribution in [3.05, 3.63) is 17.7 Å². The van der Waals surface area contributed by atoms with Gasteiger partial charge in [0.2, 0.25) is 5.91 Å². The van der Waals surface area contributed by atoms with Crippen LogP contribution >= 0.6 is 0 Å². The Hall–Kier alpha value is -1.32. The van der Waals surface area contributed by atoms with Gasteiger partial charge in [0.25, 0.3) is 0 Å². The van der Waals surface area contributed by atoms with E-state index in [4.69, 9.17) is 0 Å². The van der Waals surface area contributed by atoms with Crippen molar-refractivity contribution in [1.82, 2.24) is 14.9 Å². The predicted octanol–water partition coefficient (Wildman–Crippen LogP) is 2.84. The molecule has 3 aliphatic rings. The highest BCUT2D eigenvalue weighted by molar-refractivity contribution is 5.79. The van der Waals surface area contributed by atoms with Crippen molar-refractivity contribution in [3.63, 3.8) is 0 Å². The molecule has 1 aliphatic heterocycles. The zero-order valence-corrected chi connectivity index (χ0v) is 13.6. The van der Waals surface area contributed by atoms with Gasteiger partial charge in [-0.1, -0.05) is 12.8 Å². The molecule has 2 aliphatic carbocycles. The third-order valence-electron chi connectivity index (χ3n) is 6.29. The van der Waals surface area contributed by atoms with Gasteiger partial charge in [0.15, 0.2) is 0 Å². The average molecular weight is 301 g/mol. The molecule has 2 fully saturated rings. The smallest absolute Gasteiger partial charge is 0.223 e. The summed E-state index contributed by atoms with van der Waals surface area (Å²) in [4.78, 5) is 17.2. The lowest BCUT2D eigenvalue weighted by molar-refractivity contribution is -0.127. The molecule has 4 nitrogen and oxygen atoms in total. The number of amides is 1. The van der Waals surface area contributed by atoms with Crippen LogP contribution in [0, 0.1) is 24.7 Å². The highest BCUT2D eigenvalue weighted by Gasteiger charge is 2.38. The number of fused-ring (bicyclic) bond motifs is 1. The molecule has 4 heteroatoms. The van der Waals surface area contributed by atoms with Crippen molar-refractivity contribution in [2.75, 3.05) is 0 Å². The summed E-state index contributed by atoms with van der Waals surface area (Å²) in [6.45, 7) is 2.99. The lowest BCUT2D eigenvalue weighted by atomic mass is 9.68. The van der Waals surface area contributed by atoms with Crippen LogP contribution in [0.1, 0.15) is 56.5 Å². The number of nitrogens with one attached hydrogen (secondary N) is 1. The van der Waals surface area contributed by atoms with E-state index in [1.165, 1.54) is 44.2 Å². The van der Waals surface area contributed by atoms with Crippen LogP contribution in [-0.4, -0.2) is 21.5 Å². The van der Waals surface area contributed by atoms with Gasteiger partial charge in [0, 0.05) is 36.8 Å². The second-order valence-electron chi connectivity index (χ2n) is 7.55. The number of aryl methyl sites for hydroxylation is 1. The standard InChI is InChI=1S/C18H27N3O/c1-12-19-11-16-10-15(8-9-21(12)16)18(22)20-17(13-4-2-5-13)14-6-3-7-14/h11,13-15,17H,2-10H2,1H3,(H,20,22). The first-order valence-corrected chi connectivity index (χ1v) is 9.04. The third-order valence-corrected chi connectivity index (χ3v) is 6.29. The van der Waals surface area contributed by atoms with Gasteiger partial charge in [-0.3, -0.25) is 4.79 Å². The minimum absolute atomic E-state index is 0.145. The van der Waals surface area contributed by atoms with Crippen LogP contribution in [0.15, 0.2) is 6.20 Å². The van der Waals surface area contributed by atoms with Gasteiger partial charge in [0.1, 0.15) is 5.82 Å². The molecule has 1 aromatic heterocycles. The Morgan fingerprint density at radius 3 is 2.50 bits per heavy atom. The Morgan fingerprint density at radius 1 is 1.23 bits per heavy atom. The number of hydrogen-bond donors (Lipinski definition) is 1. The fourth-order valence-corrected chi connectivity index (χ4v) is 4.35. The van der Waals surface area contributed by atoms with Crippen molar-refractivity contribution < 1.29 is 4.79 Å². The summed E-state index contributed by atoms with van der Waals surface area (Å²) >= 11 is 0. The molecule has 1 aromatic rings. The molecular formula is C18H27N3O. The Kier molecular flexibility index (Phi) is 3.71. The lowest BCUT2D eigenvalue weighted by Gasteiger charge is -2.43. The van der Waals surface area contributed by atoms with Crippen LogP contribution in [0.4, 0.5) is 0 Å². The van der Waals surface area contributed by atoms with E-state index >= 15 is 0 Å². The Bertz CT molecular complexity index is 543. The number of nitrogens with zero attached hydrogens (tertiary/aromatic N) is 2. The molecule has 1 amide bonds. The van der Waals surface area contributed by atoms with Gasteiger partial charge in [-0.2, -0.15) is 0 Å². The molecule has 120 valence electrons. The molecule has 0 aromatic carbocycles. The van der Waals surface area contributed by atoms with Gasteiger partial charge in [-0.15, -0.1) is 0 Å². The van der Waals surface area contributed by atoms with E-state index in [1.54, 1.807) is 0 Å². The van der Waals surface area contributed by atoms with Crippen molar-refractivity contribution in [1.29, 1.82) is 0 Å². The molecule has 0 saturated heterocycles. The SMILES string of the molecule is Cc1ncc2n1CCC(C(=O)NC(C1CCC1)C1CCC1)C2. The highest BCUT2D eigenvalue weighted by Crippen LogP contribution is 2.40. The Morgan fingerprint density at radius 2 is 1.91 bits per heavy atom. The summed E-state index contributed by atoms with van der Waals surface area (Å²) in [5.74, 6) is 3.03. The van der Waals surface area contributed by atoms with Crippen LogP contribution in [0.2, 0.25) is 0 Å². The monoisotopic (exact) mass is 301 g/mol. The van der Waals surface area contributed by atoms with Crippen molar-refractivity contribution in [2.24, 2.45) is 17.8 Å². The Balaban J connectivity index is 1.41. The zero-order valence-electron chi connectivity index (χ0n) is 13.6. The van der Waals surface area contributed by atoms with Crippen LogP contribution in [0.3, 0.4) is 0 Å².